The van der Waals surface area contributed by atoms with Crippen LogP contribution >= 0.6 is 55.1 Å². The average molecular weight is 781 g/mol. The van der Waals surface area contributed by atoms with Gasteiger partial charge in [0.25, 0.3) is 11.8 Å². The summed E-state index contributed by atoms with van der Waals surface area (Å²) in [4.78, 5) is 60.3. The Balaban J connectivity index is 1.32. The van der Waals surface area contributed by atoms with Crippen molar-refractivity contribution < 1.29 is 19.2 Å². The van der Waals surface area contributed by atoms with E-state index in [1.54, 1.807) is 48.5 Å². The van der Waals surface area contributed by atoms with Crippen molar-refractivity contribution in [3.8, 4) is 0 Å². The third-order valence-electron chi connectivity index (χ3n) is 9.32. The maximum atomic E-state index is 14.5. The first kappa shape index (κ1) is 30.0. The fourth-order valence-corrected chi connectivity index (χ4v) is 8.29. The van der Waals surface area contributed by atoms with Crippen molar-refractivity contribution in [3.05, 3.63) is 127 Å². The first-order chi connectivity index (χ1) is 22.2. The van der Waals surface area contributed by atoms with Crippen molar-refractivity contribution in [1.29, 1.82) is 0 Å². The maximum Gasteiger partial charge on any atom is 0.253 e. The highest BCUT2D eigenvalue weighted by Crippen LogP contribution is 2.59. The minimum atomic E-state index is -0.958. The van der Waals surface area contributed by atoms with Crippen LogP contribution in [0.3, 0.4) is 0 Å². The summed E-state index contributed by atoms with van der Waals surface area (Å²) in [5.41, 5.74) is 2.33. The molecular formula is C34H22Br2Cl2N4O4. The van der Waals surface area contributed by atoms with E-state index in [9.17, 15) is 19.2 Å². The van der Waals surface area contributed by atoms with Crippen molar-refractivity contribution in [1.82, 2.24) is 10.0 Å². The first-order valence-electron chi connectivity index (χ1n) is 14.5. The molecule has 46 heavy (non-hydrogen) atoms. The van der Waals surface area contributed by atoms with Crippen molar-refractivity contribution in [2.24, 2.45) is 11.8 Å². The Morgan fingerprint density at radius 2 is 0.761 bits per heavy atom. The van der Waals surface area contributed by atoms with Crippen LogP contribution in [-0.4, -0.2) is 45.7 Å². The molecule has 0 N–H and O–H groups in total. The van der Waals surface area contributed by atoms with Gasteiger partial charge in [0.05, 0.1) is 35.3 Å². The zero-order valence-electron chi connectivity index (χ0n) is 23.6. The minimum Gasteiger partial charge on any atom is -0.274 e. The molecule has 0 spiro atoms. The second-order valence-electron chi connectivity index (χ2n) is 11.7. The molecule has 4 aromatic rings. The maximum absolute atomic E-state index is 14.5. The van der Waals surface area contributed by atoms with Crippen molar-refractivity contribution in [2.45, 2.75) is 24.2 Å². The van der Waals surface area contributed by atoms with Crippen LogP contribution in [-0.2, 0) is 19.2 Å². The van der Waals surface area contributed by atoms with E-state index in [2.05, 4.69) is 31.9 Å². The predicted molar refractivity (Wildman–Crippen MR) is 180 cm³/mol. The Labute approximate surface area is 290 Å². The van der Waals surface area contributed by atoms with E-state index in [1.165, 1.54) is 9.80 Å². The van der Waals surface area contributed by atoms with Crippen LogP contribution in [0.4, 0.5) is 11.4 Å². The van der Waals surface area contributed by atoms with Crippen LogP contribution < -0.4 is 9.80 Å². The van der Waals surface area contributed by atoms with E-state index in [0.717, 1.165) is 20.1 Å². The Kier molecular flexibility index (Phi) is 7.24. The van der Waals surface area contributed by atoms with E-state index in [-0.39, 0.29) is 11.8 Å². The van der Waals surface area contributed by atoms with Crippen LogP contribution in [0.5, 0.6) is 0 Å². The van der Waals surface area contributed by atoms with Crippen LogP contribution in [0.15, 0.2) is 106 Å². The van der Waals surface area contributed by atoms with Gasteiger partial charge in [-0.25, -0.2) is 19.8 Å². The van der Waals surface area contributed by atoms with Crippen molar-refractivity contribution in [2.75, 3.05) is 9.80 Å². The van der Waals surface area contributed by atoms with Crippen molar-refractivity contribution >= 4 is 90.1 Å². The van der Waals surface area contributed by atoms with E-state index >= 15 is 0 Å². The molecule has 4 amide bonds. The number of halogens is 4. The van der Waals surface area contributed by atoms with Crippen LogP contribution in [0.25, 0.3) is 0 Å². The lowest BCUT2D eigenvalue weighted by Crippen LogP contribution is -2.50. The largest absolute Gasteiger partial charge is 0.274 e. The molecule has 230 valence electrons. The average Bonchev–Trinajstić information content (AvgIpc) is 3.71. The molecule has 4 aliphatic rings. The molecule has 6 unspecified atom stereocenters. The molecule has 4 aromatic carbocycles. The van der Waals surface area contributed by atoms with Gasteiger partial charge in [0.2, 0.25) is 11.8 Å². The van der Waals surface area contributed by atoms with Gasteiger partial charge in [-0.3, -0.25) is 19.2 Å². The zero-order valence-corrected chi connectivity index (χ0v) is 28.3. The summed E-state index contributed by atoms with van der Waals surface area (Å²) in [7, 11) is 0. The lowest BCUT2D eigenvalue weighted by atomic mass is 9.84. The van der Waals surface area contributed by atoms with Gasteiger partial charge < -0.3 is 0 Å². The van der Waals surface area contributed by atoms with Crippen LogP contribution in [0, 0.1) is 11.8 Å². The van der Waals surface area contributed by atoms with Crippen LogP contribution in [0.2, 0.25) is 10.0 Å². The molecule has 4 aliphatic heterocycles. The Bertz CT molecular complexity index is 1780. The number of rotatable bonds is 4. The van der Waals surface area contributed by atoms with Gasteiger partial charge >= 0.3 is 0 Å². The highest BCUT2D eigenvalue weighted by Gasteiger charge is 2.73. The standard InChI is InChI=1S/C34H22Br2Cl2N4O4/c35-19-5-1-17(2-6-19)27-25-29(33(45)39(31(25)43)23-13-9-21(37)10-14-23)42-28(18-3-7-20(36)8-4-18)26-30(41(27)42)34(46)40(32(26)44)24-15-11-22(38)12-16-24/h1-16,25-30H. The van der Waals surface area contributed by atoms with Crippen LogP contribution in [0.1, 0.15) is 23.2 Å². The van der Waals surface area contributed by atoms with Gasteiger partial charge in [-0.05, 0) is 83.9 Å². The third kappa shape index (κ3) is 4.38. The summed E-state index contributed by atoms with van der Waals surface area (Å²) in [6, 6.07) is 24.8. The second-order valence-corrected chi connectivity index (χ2v) is 14.4. The Morgan fingerprint density at radius 1 is 0.435 bits per heavy atom. The number of hydrazine groups is 1. The number of anilines is 2. The quantitative estimate of drug-likeness (QED) is 0.209. The summed E-state index contributed by atoms with van der Waals surface area (Å²) < 4.78 is 1.68. The van der Waals surface area contributed by atoms with Gasteiger partial charge in [0, 0.05) is 19.0 Å². The van der Waals surface area contributed by atoms with E-state index in [4.69, 9.17) is 23.2 Å². The van der Waals surface area contributed by atoms with Gasteiger partial charge in [-0.2, -0.15) is 0 Å². The Hall–Kier alpha value is -3.38. The van der Waals surface area contributed by atoms with Gasteiger partial charge in [-0.1, -0.05) is 79.3 Å². The number of hydrogen-bond donors (Lipinski definition) is 0. The number of carbonyl (C=O) groups excluding carboxylic acids is 4. The fourth-order valence-electron chi connectivity index (χ4n) is 7.51. The molecule has 6 atom stereocenters. The molecule has 4 heterocycles. The number of fused-ring (bicyclic) bond motifs is 5. The molecule has 0 radical (unpaired) electrons. The van der Waals surface area contributed by atoms with Gasteiger partial charge in [-0.15, -0.1) is 0 Å². The number of hydrogen-bond acceptors (Lipinski definition) is 6. The highest BCUT2D eigenvalue weighted by molar-refractivity contribution is 9.10. The number of imide groups is 2. The molecule has 4 saturated heterocycles. The third-order valence-corrected chi connectivity index (χ3v) is 10.9. The molecule has 12 heteroatoms. The summed E-state index contributed by atoms with van der Waals surface area (Å²) in [6.07, 6.45) is 0. The molecule has 8 nitrogen and oxygen atoms in total. The summed E-state index contributed by atoms with van der Waals surface area (Å²) in [5, 5.41) is 4.65. The SMILES string of the molecule is O=C1C2C(C(=O)N1c1ccc(Cl)cc1)N1C(c3ccc(Br)cc3)C3C(=O)N(c4ccc(Cl)cc4)C(=O)C3N1C2c1ccc(Br)cc1. The lowest BCUT2D eigenvalue weighted by molar-refractivity contribution is -0.136. The minimum absolute atomic E-state index is 0.378. The summed E-state index contributed by atoms with van der Waals surface area (Å²) >= 11 is 19.3. The van der Waals surface area contributed by atoms with E-state index < -0.39 is 47.8 Å². The van der Waals surface area contributed by atoms with Gasteiger partial charge in [0.15, 0.2) is 0 Å². The van der Waals surface area contributed by atoms with E-state index in [1.807, 2.05) is 58.5 Å². The highest BCUT2D eigenvalue weighted by atomic mass is 79.9. The molecule has 4 fully saturated rings. The normalized spacial score (nSPS) is 27.5. The zero-order chi connectivity index (χ0) is 32.0. The summed E-state index contributed by atoms with van der Waals surface area (Å²) in [6.45, 7) is 0. The first-order valence-corrected chi connectivity index (χ1v) is 16.8. The number of nitrogens with zero attached hydrogens (tertiary/aromatic N) is 4. The Morgan fingerprint density at radius 3 is 1.09 bits per heavy atom. The monoisotopic (exact) mass is 778 g/mol. The predicted octanol–water partition coefficient (Wildman–Crippen LogP) is 6.96. The van der Waals surface area contributed by atoms with Crippen molar-refractivity contribution in [3.63, 3.8) is 0 Å². The van der Waals surface area contributed by atoms with E-state index in [0.29, 0.717) is 21.4 Å². The molecular weight excluding hydrogens is 759 g/mol. The number of benzene rings is 4. The smallest absolute Gasteiger partial charge is 0.253 e. The summed E-state index contributed by atoms with van der Waals surface area (Å²) in [5.74, 6) is -3.29. The molecule has 0 aromatic heterocycles. The molecule has 0 bridgehead atoms. The number of carbonyl (C=O) groups is 4. The molecule has 8 rings (SSSR count). The molecule has 0 aliphatic carbocycles. The topological polar surface area (TPSA) is 81.2 Å². The molecule has 0 saturated carbocycles. The fraction of sp³-hybridized carbons (Fsp3) is 0.176. The second kappa shape index (κ2) is 11.1. The number of amides is 4. The lowest BCUT2D eigenvalue weighted by Gasteiger charge is -2.35. The van der Waals surface area contributed by atoms with Gasteiger partial charge in [0.1, 0.15) is 12.1 Å².